The fourth-order valence-electron chi connectivity index (χ4n) is 2.91. The number of rotatable bonds is 6. The van der Waals surface area contributed by atoms with Gasteiger partial charge in [0, 0.05) is 41.4 Å². The van der Waals surface area contributed by atoms with Gasteiger partial charge in [-0.2, -0.15) is 13.2 Å². The van der Waals surface area contributed by atoms with Crippen LogP contribution in [0.1, 0.15) is 5.56 Å². The number of aliphatic hydroxyl groups is 1. The predicted molar refractivity (Wildman–Crippen MR) is 92.2 cm³/mol. The van der Waals surface area contributed by atoms with Gasteiger partial charge in [0.25, 0.3) is 0 Å². The van der Waals surface area contributed by atoms with Gasteiger partial charge < -0.3 is 26.0 Å². The Kier molecular flexibility index (Phi) is 7.06. The van der Waals surface area contributed by atoms with Crippen LogP contribution in [0, 0.1) is 11.7 Å². The molecule has 0 radical (unpaired) electrons. The smallest absolute Gasteiger partial charge is 0.427 e. The van der Waals surface area contributed by atoms with Crippen LogP contribution in [0.4, 0.5) is 23.2 Å². The molecule has 27 heavy (non-hydrogen) atoms. The third kappa shape index (κ3) is 5.53. The Hall–Kier alpha value is -1.43. The lowest BCUT2D eigenvalue weighted by atomic mass is 9.91. The number of benzene rings is 1. The molecule has 1 fully saturated rings. The van der Waals surface area contributed by atoms with Crippen LogP contribution < -0.4 is 16.2 Å². The first-order chi connectivity index (χ1) is 12.5. The third-order valence-electron chi connectivity index (χ3n) is 4.30. The van der Waals surface area contributed by atoms with E-state index in [-0.39, 0.29) is 23.5 Å². The van der Waals surface area contributed by atoms with Gasteiger partial charge in [0.1, 0.15) is 17.3 Å². The highest BCUT2D eigenvalue weighted by Gasteiger charge is 2.42. The molecule has 0 aliphatic carbocycles. The summed E-state index contributed by atoms with van der Waals surface area (Å²) in [7, 11) is -0.154. The Bertz CT molecular complexity index is 689. The Morgan fingerprint density at radius 1 is 1.37 bits per heavy atom. The molecule has 5 N–H and O–H groups in total. The van der Waals surface area contributed by atoms with E-state index in [4.69, 9.17) is 16.2 Å². The van der Waals surface area contributed by atoms with Crippen molar-refractivity contribution < 1.29 is 36.4 Å². The van der Waals surface area contributed by atoms with Crippen LogP contribution >= 0.6 is 0 Å². The molecule has 0 spiro atoms. The average Bonchev–Trinajstić information content (AvgIpc) is 2.55. The molecule has 1 aliphatic heterocycles. The van der Waals surface area contributed by atoms with E-state index in [1.54, 1.807) is 0 Å². The predicted octanol–water partition coefficient (Wildman–Crippen LogP) is 0.973. The van der Waals surface area contributed by atoms with Crippen LogP contribution in [-0.2, 0) is 22.0 Å². The molecular weight excluding hydrogens is 392 g/mol. The van der Waals surface area contributed by atoms with Crippen LogP contribution in [0.2, 0.25) is 0 Å². The minimum absolute atomic E-state index is 0.0646. The molecule has 1 aliphatic rings. The largest absolute Gasteiger partial charge is 0.476 e. The number of nitrogens with two attached hydrogens (primary N) is 2. The summed E-state index contributed by atoms with van der Waals surface area (Å²) in [5, 5.41) is 10.2. The number of anilines is 1. The second kappa shape index (κ2) is 8.72. The molecule has 0 aromatic heterocycles. The van der Waals surface area contributed by atoms with Gasteiger partial charge in [-0.25, -0.2) is 4.39 Å². The van der Waals surface area contributed by atoms with Crippen molar-refractivity contribution in [3.63, 3.8) is 0 Å². The van der Waals surface area contributed by atoms with E-state index in [1.807, 2.05) is 0 Å². The monoisotopic (exact) mass is 414 g/mol. The molecule has 6 nitrogen and oxygen atoms in total. The molecule has 11 heteroatoms. The Morgan fingerprint density at radius 3 is 2.63 bits per heavy atom. The first-order valence-corrected chi connectivity index (χ1v) is 9.60. The summed E-state index contributed by atoms with van der Waals surface area (Å²) in [4.78, 5) is 0. The molecule has 0 bridgehead atoms. The van der Waals surface area contributed by atoms with E-state index in [9.17, 15) is 26.9 Å². The fraction of sp³-hybridized carbons (Fsp3) is 0.625. The lowest BCUT2D eigenvalue weighted by Crippen LogP contribution is -2.50. The Labute approximate surface area is 156 Å². The number of ether oxygens (including phenoxy) is 2. The highest BCUT2D eigenvalue weighted by Crippen LogP contribution is 2.33. The fourth-order valence-corrected chi connectivity index (χ4v) is 4.47. The molecule has 1 saturated heterocycles. The number of halogens is 4. The van der Waals surface area contributed by atoms with Gasteiger partial charge in [-0.15, -0.1) is 0 Å². The van der Waals surface area contributed by atoms with Crippen molar-refractivity contribution in [2.45, 2.75) is 30.8 Å². The van der Waals surface area contributed by atoms with Gasteiger partial charge in [-0.05, 0) is 24.1 Å². The van der Waals surface area contributed by atoms with Crippen LogP contribution in [0.5, 0.6) is 5.75 Å². The number of nitrogen functional groups attached to an aromatic ring is 1. The molecular formula is C16H22F4N2O4S. The number of alkyl halides is 3. The van der Waals surface area contributed by atoms with Gasteiger partial charge in [0.2, 0.25) is 6.10 Å². The molecule has 1 aromatic carbocycles. The zero-order valence-corrected chi connectivity index (χ0v) is 15.4. The molecule has 5 atom stereocenters. The summed E-state index contributed by atoms with van der Waals surface area (Å²) in [6, 6.07) is 1.55. The van der Waals surface area contributed by atoms with Crippen molar-refractivity contribution in [1.82, 2.24) is 0 Å². The molecule has 0 amide bonds. The van der Waals surface area contributed by atoms with Crippen LogP contribution in [0.3, 0.4) is 0 Å². The SMILES string of the molecule is COC[C@@H](Oc1cc(C[C@@H]2CS(=O)C[C@H](N)[C@H]2O)cc(F)c1N)C(F)(F)F. The van der Waals surface area contributed by atoms with Gasteiger partial charge in [-0.1, -0.05) is 0 Å². The van der Waals surface area contributed by atoms with Crippen molar-refractivity contribution in [2.75, 3.05) is 31.0 Å². The molecule has 1 unspecified atom stereocenters. The third-order valence-corrected chi connectivity index (χ3v) is 5.86. The van der Waals surface area contributed by atoms with E-state index in [2.05, 4.69) is 4.74 Å². The highest BCUT2D eigenvalue weighted by molar-refractivity contribution is 7.85. The van der Waals surface area contributed by atoms with Gasteiger partial charge >= 0.3 is 6.18 Å². The minimum atomic E-state index is -4.74. The summed E-state index contributed by atoms with van der Waals surface area (Å²) in [6.07, 6.45) is -7.95. The van der Waals surface area contributed by atoms with Gasteiger partial charge in [0.05, 0.1) is 12.7 Å². The summed E-state index contributed by atoms with van der Waals surface area (Å²) in [6.45, 7) is -0.788. The maximum atomic E-state index is 14.1. The number of hydrogen-bond acceptors (Lipinski definition) is 6. The van der Waals surface area contributed by atoms with Crippen molar-refractivity contribution >= 4 is 16.5 Å². The second-order valence-electron chi connectivity index (χ2n) is 6.48. The molecule has 2 rings (SSSR count). The number of methoxy groups -OCH3 is 1. The summed E-state index contributed by atoms with van der Waals surface area (Å²) in [5.41, 5.74) is 11.0. The van der Waals surface area contributed by atoms with Gasteiger partial charge in [0.15, 0.2) is 0 Å². The van der Waals surface area contributed by atoms with Crippen molar-refractivity contribution in [3.8, 4) is 5.75 Å². The quantitative estimate of drug-likeness (QED) is 0.473. The van der Waals surface area contributed by atoms with Crippen molar-refractivity contribution in [1.29, 1.82) is 0 Å². The van der Waals surface area contributed by atoms with E-state index < -0.39 is 65.0 Å². The molecule has 1 aromatic rings. The van der Waals surface area contributed by atoms with E-state index in [0.29, 0.717) is 0 Å². The zero-order valence-electron chi connectivity index (χ0n) is 14.5. The number of aliphatic hydroxyl groups excluding tert-OH is 1. The van der Waals surface area contributed by atoms with Crippen molar-refractivity contribution in [3.05, 3.63) is 23.5 Å². The highest BCUT2D eigenvalue weighted by atomic mass is 32.2. The lowest BCUT2D eigenvalue weighted by molar-refractivity contribution is -0.206. The Balaban J connectivity index is 2.25. The van der Waals surface area contributed by atoms with E-state index in [1.165, 1.54) is 6.07 Å². The first kappa shape index (κ1) is 21.9. The standard InChI is InChI=1S/C16H22F4N2O4S/c1-25-5-13(16(18,19)20)26-12-4-8(3-10(17)14(12)22)2-9-6-27(24)7-11(21)15(9)23/h3-4,9,11,13,15,23H,2,5-7,21-22H2,1H3/t9-,11+,13-,15+,27?/m1/s1. The lowest BCUT2D eigenvalue weighted by Gasteiger charge is -2.32. The first-order valence-electron chi connectivity index (χ1n) is 8.11. The van der Waals surface area contributed by atoms with Gasteiger partial charge in [-0.3, -0.25) is 4.21 Å². The average molecular weight is 414 g/mol. The second-order valence-corrected chi connectivity index (χ2v) is 8.03. The topological polar surface area (TPSA) is 108 Å². The summed E-state index contributed by atoms with van der Waals surface area (Å²) < 4.78 is 74.3. The van der Waals surface area contributed by atoms with Crippen LogP contribution in [0.15, 0.2) is 12.1 Å². The minimum Gasteiger partial charge on any atom is -0.476 e. The summed E-state index contributed by atoms with van der Waals surface area (Å²) >= 11 is 0. The zero-order chi connectivity index (χ0) is 20.4. The Morgan fingerprint density at radius 2 is 2.04 bits per heavy atom. The van der Waals surface area contributed by atoms with E-state index in [0.717, 1.165) is 13.2 Å². The van der Waals surface area contributed by atoms with Crippen molar-refractivity contribution in [2.24, 2.45) is 11.7 Å². The molecule has 154 valence electrons. The normalized spacial score (nSPS) is 27.4. The molecule has 1 heterocycles. The maximum Gasteiger partial charge on any atom is 0.427 e. The van der Waals surface area contributed by atoms with E-state index >= 15 is 0 Å². The number of hydrogen-bond donors (Lipinski definition) is 3. The molecule has 0 saturated carbocycles. The van der Waals surface area contributed by atoms with Crippen LogP contribution in [0.25, 0.3) is 0 Å². The maximum absolute atomic E-state index is 14.1. The summed E-state index contributed by atoms with van der Waals surface area (Å²) in [5.74, 6) is -1.63. The van der Waals surface area contributed by atoms with Crippen LogP contribution in [-0.4, -0.2) is 59.0 Å².